The van der Waals surface area contributed by atoms with Gasteiger partial charge in [0.05, 0.1) is 11.1 Å². The molecule has 1 N–H and O–H groups in total. The summed E-state index contributed by atoms with van der Waals surface area (Å²) in [7, 11) is 2.04. The van der Waals surface area contributed by atoms with Crippen molar-refractivity contribution in [2.24, 2.45) is 5.10 Å². The average molecular weight is 385 g/mol. The smallest absolute Gasteiger partial charge is 0.271 e. The van der Waals surface area contributed by atoms with Crippen molar-refractivity contribution in [3.63, 3.8) is 0 Å². The van der Waals surface area contributed by atoms with Crippen molar-refractivity contribution in [2.75, 3.05) is 38.1 Å². The number of non-ortho nitro benzene ring substituents is 1. The third-order valence-corrected chi connectivity index (χ3v) is 4.54. The monoisotopic (exact) mass is 385 g/mol. The molecule has 0 radical (unpaired) electrons. The van der Waals surface area contributed by atoms with Crippen LogP contribution in [0.2, 0.25) is 0 Å². The maximum Gasteiger partial charge on any atom is 0.271 e. The molecule has 1 saturated heterocycles. The van der Waals surface area contributed by atoms with Gasteiger partial charge in [0.15, 0.2) is 0 Å². The number of halogens is 1. The molecule has 146 valence electrons. The van der Waals surface area contributed by atoms with Crippen LogP contribution in [-0.4, -0.2) is 55.2 Å². The molecular weight excluding hydrogens is 365 g/mol. The number of hydrazone groups is 1. The molecule has 1 fully saturated rings. The van der Waals surface area contributed by atoms with E-state index < -0.39 is 16.6 Å². The second kappa shape index (κ2) is 8.57. The third-order valence-electron chi connectivity index (χ3n) is 4.54. The lowest BCUT2D eigenvalue weighted by atomic mass is 10.1. The van der Waals surface area contributed by atoms with Gasteiger partial charge < -0.3 is 9.80 Å². The number of nitrogens with zero attached hydrogens (tertiary/aromatic N) is 4. The number of likely N-dealkylation sites (N-methyl/N-ethyl adjacent to an activating group) is 1. The zero-order valence-corrected chi connectivity index (χ0v) is 15.3. The standard InChI is InChI=1S/C19H20FN5O3/c1-23-8-10-24(11-9-23)18-7-6-17(25(27)28)12-15(18)13-21-22-19(26)14-2-4-16(20)5-3-14/h2-7,12-13H,8-11H2,1H3,(H,22,26)/b21-13-. The van der Waals surface area contributed by atoms with Crippen molar-refractivity contribution >= 4 is 23.5 Å². The molecule has 1 heterocycles. The minimum atomic E-state index is -0.497. The van der Waals surface area contributed by atoms with E-state index in [4.69, 9.17) is 0 Å². The first-order valence-corrected chi connectivity index (χ1v) is 8.75. The second-order valence-corrected chi connectivity index (χ2v) is 6.50. The van der Waals surface area contributed by atoms with Gasteiger partial charge in [0, 0.05) is 55.1 Å². The predicted molar refractivity (Wildman–Crippen MR) is 104 cm³/mol. The van der Waals surface area contributed by atoms with Crippen molar-refractivity contribution in [3.05, 3.63) is 69.5 Å². The highest BCUT2D eigenvalue weighted by atomic mass is 19.1. The highest BCUT2D eigenvalue weighted by molar-refractivity contribution is 5.95. The molecular formula is C19H20FN5O3. The number of nitrogens with one attached hydrogen (secondary N) is 1. The van der Waals surface area contributed by atoms with Crippen LogP contribution >= 0.6 is 0 Å². The average Bonchev–Trinajstić information content (AvgIpc) is 2.69. The number of piperazine rings is 1. The summed E-state index contributed by atoms with van der Waals surface area (Å²) in [5.74, 6) is -0.934. The normalized spacial score (nSPS) is 15.0. The summed E-state index contributed by atoms with van der Waals surface area (Å²) >= 11 is 0. The van der Waals surface area contributed by atoms with Crippen molar-refractivity contribution in [2.45, 2.75) is 0 Å². The van der Waals surface area contributed by atoms with Gasteiger partial charge in [-0.2, -0.15) is 5.10 Å². The van der Waals surface area contributed by atoms with Crippen LogP contribution in [0, 0.1) is 15.9 Å². The molecule has 8 nitrogen and oxygen atoms in total. The zero-order chi connectivity index (χ0) is 20.1. The van der Waals surface area contributed by atoms with Crippen LogP contribution in [0.5, 0.6) is 0 Å². The Morgan fingerprint density at radius 1 is 1.18 bits per heavy atom. The van der Waals surface area contributed by atoms with Crippen LogP contribution in [0.3, 0.4) is 0 Å². The minimum absolute atomic E-state index is 0.0517. The Bertz CT molecular complexity index is 893. The first kappa shape index (κ1) is 19.4. The molecule has 1 amide bonds. The fraction of sp³-hybridized carbons (Fsp3) is 0.263. The van der Waals surface area contributed by atoms with E-state index in [2.05, 4.69) is 20.3 Å². The lowest BCUT2D eigenvalue weighted by Crippen LogP contribution is -2.44. The van der Waals surface area contributed by atoms with Gasteiger partial charge in [-0.1, -0.05) is 0 Å². The number of benzene rings is 2. The fourth-order valence-corrected chi connectivity index (χ4v) is 2.92. The number of carbonyl (C=O) groups excluding carboxylic acids is 1. The van der Waals surface area contributed by atoms with Crippen LogP contribution in [0.25, 0.3) is 0 Å². The van der Waals surface area contributed by atoms with E-state index in [1.54, 1.807) is 6.07 Å². The topological polar surface area (TPSA) is 91.1 Å². The van der Waals surface area contributed by atoms with Gasteiger partial charge in [0.25, 0.3) is 11.6 Å². The molecule has 0 saturated carbocycles. The van der Waals surface area contributed by atoms with Gasteiger partial charge in [0.1, 0.15) is 5.82 Å². The highest BCUT2D eigenvalue weighted by Crippen LogP contribution is 2.25. The number of amides is 1. The van der Waals surface area contributed by atoms with Crippen molar-refractivity contribution in [1.82, 2.24) is 10.3 Å². The van der Waals surface area contributed by atoms with Gasteiger partial charge >= 0.3 is 0 Å². The quantitative estimate of drug-likeness (QED) is 0.484. The van der Waals surface area contributed by atoms with E-state index in [0.717, 1.165) is 31.9 Å². The van der Waals surface area contributed by atoms with E-state index in [-0.39, 0.29) is 11.3 Å². The lowest BCUT2D eigenvalue weighted by Gasteiger charge is -2.34. The predicted octanol–water partition coefficient (Wildman–Crippen LogP) is 2.25. The largest absolute Gasteiger partial charge is 0.368 e. The summed E-state index contributed by atoms with van der Waals surface area (Å²) in [6, 6.07) is 9.66. The number of rotatable bonds is 5. The Hall–Kier alpha value is -3.33. The second-order valence-electron chi connectivity index (χ2n) is 6.50. The SMILES string of the molecule is CN1CCN(c2ccc([N+](=O)[O-])cc2/C=N\NC(=O)c2ccc(F)cc2)CC1. The van der Waals surface area contributed by atoms with Gasteiger partial charge in [-0.3, -0.25) is 14.9 Å². The number of hydrogen-bond acceptors (Lipinski definition) is 6. The molecule has 2 aromatic rings. The molecule has 0 aliphatic carbocycles. The van der Waals surface area contributed by atoms with Crippen LogP contribution in [0.4, 0.5) is 15.8 Å². The first-order chi connectivity index (χ1) is 13.4. The Balaban J connectivity index is 1.79. The van der Waals surface area contributed by atoms with Gasteiger partial charge in [0.2, 0.25) is 0 Å². The van der Waals surface area contributed by atoms with Crippen LogP contribution < -0.4 is 10.3 Å². The summed E-state index contributed by atoms with van der Waals surface area (Å²) in [5.41, 5.74) is 3.93. The number of hydrogen-bond donors (Lipinski definition) is 1. The van der Waals surface area contributed by atoms with Crippen LogP contribution in [0.1, 0.15) is 15.9 Å². The number of anilines is 1. The summed E-state index contributed by atoms with van der Waals surface area (Å²) in [6.07, 6.45) is 1.39. The molecule has 1 aliphatic heterocycles. The molecule has 0 unspecified atom stereocenters. The van der Waals surface area contributed by atoms with Crippen molar-refractivity contribution < 1.29 is 14.1 Å². The van der Waals surface area contributed by atoms with Gasteiger partial charge in [-0.25, -0.2) is 9.82 Å². The summed E-state index contributed by atoms with van der Waals surface area (Å²) < 4.78 is 12.9. The zero-order valence-electron chi connectivity index (χ0n) is 15.3. The third kappa shape index (κ3) is 4.68. The van der Waals surface area contributed by atoms with Crippen LogP contribution in [0.15, 0.2) is 47.6 Å². The molecule has 9 heteroatoms. The van der Waals surface area contributed by atoms with Gasteiger partial charge in [-0.05, 0) is 37.4 Å². The first-order valence-electron chi connectivity index (χ1n) is 8.75. The van der Waals surface area contributed by atoms with E-state index in [1.807, 2.05) is 7.05 Å². The molecule has 0 spiro atoms. The van der Waals surface area contributed by atoms with Crippen LogP contribution in [-0.2, 0) is 0 Å². The highest BCUT2D eigenvalue weighted by Gasteiger charge is 2.18. The molecule has 0 bridgehead atoms. The summed E-state index contributed by atoms with van der Waals surface area (Å²) in [4.78, 5) is 27.1. The maximum atomic E-state index is 12.9. The van der Waals surface area contributed by atoms with Gasteiger partial charge in [-0.15, -0.1) is 0 Å². The molecule has 2 aromatic carbocycles. The molecule has 0 atom stereocenters. The molecule has 1 aliphatic rings. The van der Waals surface area contributed by atoms with E-state index in [9.17, 15) is 19.3 Å². The number of nitro benzene ring substituents is 1. The number of carbonyl (C=O) groups is 1. The van der Waals surface area contributed by atoms with Crippen molar-refractivity contribution in [1.29, 1.82) is 0 Å². The van der Waals surface area contributed by atoms with E-state index >= 15 is 0 Å². The Morgan fingerprint density at radius 2 is 1.86 bits per heavy atom. The summed E-state index contributed by atoms with van der Waals surface area (Å²) in [5, 5.41) is 15.1. The van der Waals surface area contributed by atoms with E-state index in [1.165, 1.54) is 42.6 Å². The molecule has 3 rings (SSSR count). The molecule has 28 heavy (non-hydrogen) atoms. The lowest BCUT2D eigenvalue weighted by molar-refractivity contribution is -0.384. The Labute approximate surface area is 161 Å². The minimum Gasteiger partial charge on any atom is -0.368 e. The summed E-state index contributed by atoms with van der Waals surface area (Å²) in [6.45, 7) is 3.35. The molecule has 0 aromatic heterocycles. The number of nitro groups is 1. The Morgan fingerprint density at radius 3 is 2.50 bits per heavy atom. The van der Waals surface area contributed by atoms with Crippen molar-refractivity contribution in [3.8, 4) is 0 Å². The Kier molecular flexibility index (Phi) is 5.95. The van der Waals surface area contributed by atoms with E-state index in [0.29, 0.717) is 5.56 Å². The maximum absolute atomic E-state index is 12.9. The fourth-order valence-electron chi connectivity index (χ4n) is 2.92.